The minimum Gasteiger partial charge on any atom is -0.478 e. The average molecular weight is 473 g/mol. The van der Waals surface area contributed by atoms with Gasteiger partial charge in [-0.15, -0.1) is 0 Å². The molecular weight excluding hydrogens is 455 g/mol. The van der Waals surface area contributed by atoms with E-state index in [0.29, 0.717) is 0 Å². The van der Waals surface area contributed by atoms with Gasteiger partial charge in [0.05, 0.1) is 11.3 Å². The minimum atomic E-state index is -4.75. The molecule has 0 saturated heterocycles. The van der Waals surface area contributed by atoms with Crippen molar-refractivity contribution >= 4 is 23.5 Å². The smallest absolute Gasteiger partial charge is 0.421 e. The summed E-state index contributed by atoms with van der Waals surface area (Å²) in [5, 5.41) is 9.71. The van der Waals surface area contributed by atoms with Crippen LogP contribution in [-0.2, 0) is 11.0 Å². The second kappa shape index (κ2) is 9.61. The van der Waals surface area contributed by atoms with Crippen LogP contribution in [0.15, 0.2) is 60.8 Å². The number of alkyl halides is 3. The molecule has 1 aromatic heterocycles. The van der Waals surface area contributed by atoms with Crippen molar-refractivity contribution in [3.63, 3.8) is 0 Å². The molecule has 0 radical (unpaired) electrons. The Morgan fingerprint density at radius 2 is 1.76 bits per heavy atom. The Bertz CT molecular complexity index is 1240. The number of aromatic carboxylic acids is 1. The van der Waals surface area contributed by atoms with Gasteiger partial charge < -0.3 is 15.6 Å². The van der Waals surface area contributed by atoms with Crippen molar-refractivity contribution in [1.29, 1.82) is 0 Å². The fourth-order valence-electron chi connectivity index (χ4n) is 3.06. The fourth-order valence-corrected chi connectivity index (χ4v) is 3.06. The Balaban J connectivity index is 2.04. The van der Waals surface area contributed by atoms with E-state index in [2.05, 4.69) is 4.98 Å². The highest BCUT2D eigenvalue weighted by atomic mass is 19.4. The maximum atomic E-state index is 13.2. The second-order valence-electron chi connectivity index (χ2n) is 7.16. The number of aromatic nitrogens is 1. The van der Waals surface area contributed by atoms with Gasteiger partial charge in [0, 0.05) is 11.8 Å². The lowest BCUT2D eigenvalue weighted by molar-refractivity contribution is -0.138. The van der Waals surface area contributed by atoms with Gasteiger partial charge in [-0.1, -0.05) is 17.7 Å². The molecule has 3 rings (SSSR count). The third-order valence-corrected chi connectivity index (χ3v) is 4.64. The molecule has 0 fully saturated rings. The maximum absolute atomic E-state index is 13.2. The first-order valence-corrected chi connectivity index (χ1v) is 9.71. The first-order chi connectivity index (χ1) is 16.0. The van der Waals surface area contributed by atoms with Crippen molar-refractivity contribution < 1.29 is 37.4 Å². The molecule has 34 heavy (non-hydrogen) atoms. The predicted molar refractivity (Wildman–Crippen MR) is 115 cm³/mol. The van der Waals surface area contributed by atoms with Crippen molar-refractivity contribution in [3.05, 3.63) is 83.0 Å². The third kappa shape index (κ3) is 5.49. The van der Waals surface area contributed by atoms with Crippen LogP contribution in [0, 0.1) is 6.92 Å². The zero-order valence-corrected chi connectivity index (χ0v) is 17.7. The SMILES string of the molecule is Cc1ccc(C(=O)N(CC(N)=O)c2ccc(Oc3ncccc3C(F)(F)F)cc2C(=O)O)cc1. The van der Waals surface area contributed by atoms with Crippen LogP contribution in [0.25, 0.3) is 0 Å². The van der Waals surface area contributed by atoms with E-state index in [0.717, 1.165) is 47.0 Å². The summed E-state index contributed by atoms with van der Waals surface area (Å²) >= 11 is 0. The molecule has 3 N–H and O–H groups in total. The van der Waals surface area contributed by atoms with Crippen LogP contribution in [0.1, 0.15) is 31.8 Å². The van der Waals surface area contributed by atoms with E-state index in [1.165, 1.54) is 12.1 Å². The monoisotopic (exact) mass is 473 g/mol. The summed E-state index contributed by atoms with van der Waals surface area (Å²) in [6.07, 6.45) is -3.66. The number of benzene rings is 2. The molecule has 0 atom stereocenters. The Labute approximate surface area is 191 Å². The molecule has 11 heteroatoms. The minimum absolute atomic E-state index is 0.173. The number of hydrogen-bond acceptors (Lipinski definition) is 5. The van der Waals surface area contributed by atoms with Crippen molar-refractivity contribution in [1.82, 2.24) is 4.98 Å². The van der Waals surface area contributed by atoms with Gasteiger partial charge in [0.25, 0.3) is 5.91 Å². The van der Waals surface area contributed by atoms with Gasteiger partial charge in [-0.2, -0.15) is 13.2 Å². The topological polar surface area (TPSA) is 123 Å². The molecule has 8 nitrogen and oxygen atoms in total. The third-order valence-electron chi connectivity index (χ3n) is 4.64. The van der Waals surface area contributed by atoms with Crippen LogP contribution in [0.2, 0.25) is 0 Å². The van der Waals surface area contributed by atoms with Gasteiger partial charge in [-0.05, 0) is 49.4 Å². The summed E-state index contributed by atoms with van der Waals surface area (Å²) in [5.74, 6) is -4.15. The van der Waals surface area contributed by atoms with Crippen LogP contribution < -0.4 is 15.4 Å². The molecule has 0 saturated carbocycles. The molecule has 0 spiro atoms. The standard InChI is InChI=1S/C23H18F3N3O5/c1-13-4-6-14(7-5-13)21(31)29(12-19(27)30)18-9-8-15(11-16(18)22(32)33)34-20-17(23(24,25)26)3-2-10-28-20/h2-11H,12H2,1H3,(H2,27,30)(H,32,33). The van der Waals surface area contributed by atoms with Gasteiger partial charge in [0.15, 0.2) is 0 Å². The number of pyridine rings is 1. The lowest BCUT2D eigenvalue weighted by Crippen LogP contribution is -2.39. The largest absolute Gasteiger partial charge is 0.478 e. The number of anilines is 1. The number of hydrogen-bond donors (Lipinski definition) is 2. The second-order valence-corrected chi connectivity index (χ2v) is 7.16. The molecule has 0 aliphatic heterocycles. The first-order valence-electron chi connectivity index (χ1n) is 9.71. The quantitative estimate of drug-likeness (QED) is 0.534. The number of nitrogens with two attached hydrogens (primary N) is 1. The first kappa shape index (κ1) is 24.2. The number of carboxylic acid groups (broad SMARTS) is 1. The Hall–Kier alpha value is -4.41. The summed E-state index contributed by atoms with van der Waals surface area (Å²) in [4.78, 5) is 41.1. The maximum Gasteiger partial charge on any atom is 0.421 e. The molecule has 2 aromatic carbocycles. The van der Waals surface area contributed by atoms with E-state index < -0.39 is 47.5 Å². The van der Waals surface area contributed by atoms with E-state index in [1.807, 2.05) is 6.92 Å². The van der Waals surface area contributed by atoms with E-state index in [1.54, 1.807) is 12.1 Å². The zero-order valence-electron chi connectivity index (χ0n) is 17.7. The van der Waals surface area contributed by atoms with Gasteiger partial charge in [-0.3, -0.25) is 14.5 Å². The highest BCUT2D eigenvalue weighted by Crippen LogP contribution is 2.37. The molecular formula is C23H18F3N3O5. The molecule has 0 aliphatic rings. The Kier molecular flexibility index (Phi) is 6.85. The van der Waals surface area contributed by atoms with Crippen LogP contribution in [0.3, 0.4) is 0 Å². The fraction of sp³-hybridized carbons (Fsp3) is 0.130. The molecule has 176 valence electrons. The molecule has 1 heterocycles. The van der Waals surface area contributed by atoms with Crippen LogP contribution in [0.5, 0.6) is 11.6 Å². The van der Waals surface area contributed by atoms with Gasteiger partial charge in [0.2, 0.25) is 11.8 Å². The molecule has 2 amide bonds. The number of rotatable bonds is 7. The Morgan fingerprint density at radius 1 is 1.09 bits per heavy atom. The number of aryl methyl sites for hydroxylation is 1. The predicted octanol–water partition coefficient (Wildman–Crippen LogP) is 4.03. The molecule has 3 aromatic rings. The van der Waals surface area contributed by atoms with Crippen molar-refractivity contribution in [3.8, 4) is 11.6 Å². The molecule has 0 unspecified atom stereocenters. The lowest BCUT2D eigenvalue weighted by atomic mass is 10.1. The highest BCUT2D eigenvalue weighted by Gasteiger charge is 2.35. The van der Waals surface area contributed by atoms with Gasteiger partial charge in [-0.25, -0.2) is 9.78 Å². The van der Waals surface area contributed by atoms with Crippen molar-refractivity contribution in [2.24, 2.45) is 5.73 Å². The van der Waals surface area contributed by atoms with Gasteiger partial charge >= 0.3 is 12.1 Å². The van der Waals surface area contributed by atoms with Crippen molar-refractivity contribution in [2.75, 3.05) is 11.4 Å². The number of carboxylic acids is 1. The average Bonchev–Trinajstić information content (AvgIpc) is 2.77. The van der Waals surface area contributed by atoms with Crippen LogP contribution in [0.4, 0.5) is 18.9 Å². The van der Waals surface area contributed by atoms with E-state index in [-0.39, 0.29) is 17.0 Å². The van der Waals surface area contributed by atoms with E-state index in [4.69, 9.17) is 10.5 Å². The lowest BCUT2D eigenvalue weighted by Gasteiger charge is -2.23. The summed E-state index contributed by atoms with van der Waals surface area (Å²) in [5.41, 5.74) is 4.47. The summed E-state index contributed by atoms with van der Waals surface area (Å²) in [6, 6.07) is 11.4. The normalized spacial score (nSPS) is 11.1. The number of halogens is 3. The molecule has 0 bridgehead atoms. The zero-order chi connectivity index (χ0) is 25.0. The molecule has 0 aliphatic carbocycles. The Morgan fingerprint density at radius 3 is 2.35 bits per heavy atom. The number of amides is 2. The number of primary amides is 1. The van der Waals surface area contributed by atoms with Gasteiger partial charge in [0.1, 0.15) is 17.9 Å². The number of ether oxygens (including phenoxy) is 1. The highest BCUT2D eigenvalue weighted by molar-refractivity contribution is 6.11. The van der Waals surface area contributed by atoms with Crippen molar-refractivity contribution in [2.45, 2.75) is 13.1 Å². The number of carbonyl (C=O) groups excluding carboxylic acids is 2. The summed E-state index contributed by atoms with van der Waals surface area (Å²) < 4.78 is 44.9. The van der Waals surface area contributed by atoms with E-state index in [9.17, 15) is 32.7 Å². The summed E-state index contributed by atoms with van der Waals surface area (Å²) in [6.45, 7) is 1.17. The number of carbonyl (C=O) groups is 3. The summed E-state index contributed by atoms with van der Waals surface area (Å²) in [7, 11) is 0. The number of nitrogens with zero attached hydrogens (tertiary/aromatic N) is 2. The van der Waals surface area contributed by atoms with Crippen LogP contribution >= 0.6 is 0 Å². The van der Waals surface area contributed by atoms with E-state index >= 15 is 0 Å². The van der Waals surface area contributed by atoms with Crippen LogP contribution in [-0.4, -0.2) is 34.4 Å².